The third-order valence-electron chi connectivity index (χ3n) is 4.60. The molecule has 0 N–H and O–H groups in total. The molecule has 2 rings (SSSR count). The molecule has 0 aliphatic carbocycles. The van der Waals surface area contributed by atoms with Crippen LogP contribution in [-0.4, -0.2) is 15.5 Å². The van der Waals surface area contributed by atoms with Gasteiger partial charge in [-0.2, -0.15) is 11.1 Å². The summed E-state index contributed by atoms with van der Waals surface area (Å²) in [7, 11) is -3.52. The molecular weight excluding hydrogens is 320 g/mol. The number of rotatable bonds is 3. The van der Waals surface area contributed by atoms with Crippen molar-refractivity contribution in [2.24, 2.45) is 0 Å². The van der Waals surface area contributed by atoms with Gasteiger partial charge in [-0.15, -0.1) is 0 Å². The smallest absolute Gasteiger partial charge is 0.155 e. The fraction of sp³-hybridized carbons (Fsp3) is 0.368. The first-order valence-corrected chi connectivity index (χ1v) is 14.9. The summed E-state index contributed by atoms with van der Waals surface area (Å²) in [6, 6.07) is 13.6. The van der Waals surface area contributed by atoms with E-state index in [1.165, 1.54) is 32.3 Å². The van der Waals surface area contributed by atoms with E-state index >= 15 is 0 Å². The first-order valence-electron chi connectivity index (χ1n) is 7.92. The highest BCUT2D eigenvalue weighted by molar-refractivity contribution is 7.33. The van der Waals surface area contributed by atoms with Gasteiger partial charge in [0.2, 0.25) is 7.38 Å². The van der Waals surface area contributed by atoms with E-state index in [-0.39, 0.29) is 0 Å². The zero-order chi connectivity index (χ0) is 16.7. The van der Waals surface area contributed by atoms with Gasteiger partial charge < -0.3 is 0 Å². The molecule has 0 spiro atoms. The first kappa shape index (κ1) is 17.5. The summed E-state index contributed by atoms with van der Waals surface area (Å²) in [4.78, 5) is 0. The van der Waals surface area contributed by atoms with Gasteiger partial charge in [0.05, 0.1) is 8.07 Å². The number of benzene rings is 2. The van der Waals surface area contributed by atoms with Gasteiger partial charge in [0, 0.05) is 0 Å². The topological polar surface area (TPSA) is 0 Å². The lowest BCUT2D eigenvalue weighted by Gasteiger charge is -2.27. The minimum Gasteiger partial charge on any atom is -0.155 e. The summed E-state index contributed by atoms with van der Waals surface area (Å²) < 4.78 is 0. The summed E-state index contributed by atoms with van der Waals surface area (Å²) in [5, 5.41) is 4.20. The van der Waals surface area contributed by atoms with Crippen molar-refractivity contribution < 1.29 is 0 Å². The lowest BCUT2D eigenvalue weighted by atomic mass is 10.1. The largest absolute Gasteiger partial charge is 0.214 e. The average Bonchev–Trinajstić information content (AvgIpc) is 2.40. The van der Waals surface area contributed by atoms with Gasteiger partial charge in [0.15, 0.2) is 0 Å². The Morgan fingerprint density at radius 2 is 1.41 bits per heavy atom. The van der Waals surface area contributed by atoms with Gasteiger partial charge in [-0.3, -0.25) is 0 Å². The molecule has 0 radical (unpaired) electrons. The fourth-order valence-electron chi connectivity index (χ4n) is 2.90. The van der Waals surface area contributed by atoms with Crippen LogP contribution >= 0.6 is 11.1 Å². The van der Waals surface area contributed by atoms with Crippen molar-refractivity contribution in [3.05, 3.63) is 53.1 Å². The SMILES string of the molecule is Cc1cc([Si](C)(C)C)cc([Si](C)(Cl)c2cccc(C)c2C)c1. The molecule has 0 aliphatic rings. The standard InChI is InChI=1S/C19H27ClSi2/c1-14-11-17(21(4,5)6)13-18(12-14)22(7,20)19-10-8-9-15(2)16(19)3/h8-13H,1-7H3. The Balaban J connectivity index is 2.63. The van der Waals surface area contributed by atoms with Crippen molar-refractivity contribution in [3.63, 3.8) is 0 Å². The van der Waals surface area contributed by atoms with Gasteiger partial charge >= 0.3 is 0 Å². The van der Waals surface area contributed by atoms with E-state index in [0.717, 1.165) is 0 Å². The van der Waals surface area contributed by atoms with Gasteiger partial charge in [-0.1, -0.05) is 66.8 Å². The molecule has 0 saturated carbocycles. The second-order valence-corrected chi connectivity index (χ2v) is 18.1. The Kier molecular flexibility index (Phi) is 4.77. The predicted octanol–water partition coefficient (Wildman–Crippen LogP) is 4.09. The van der Waals surface area contributed by atoms with Crippen LogP contribution in [0.2, 0.25) is 26.2 Å². The van der Waals surface area contributed by atoms with Crippen LogP contribution in [-0.2, 0) is 0 Å². The second-order valence-electron chi connectivity index (χ2n) is 7.59. The van der Waals surface area contributed by atoms with Crippen LogP contribution in [0.15, 0.2) is 36.4 Å². The molecule has 0 nitrogen and oxygen atoms in total. The monoisotopic (exact) mass is 346 g/mol. The maximum atomic E-state index is 7.21. The molecule has 0 bridgehead atoms. The van der Waals surface area contributed by atoms with E-state index in [2.05, 4.69) is 83.4 Å². The highest BCUT2D eigenvalue weighted by atomic mass is 35.6. The summed E-state index contributed by atoms with van der Waals surface area (Å²) in [6.45, 7) is 16.0. The normalized spacial score (nSPS) is 14.7. The molecule has 2 aromatic rings. The van der Waals surface area contributed by atoms with Crippen molar-refractivity contribution in [2.75, 3.05) is 0 Å². The van der Waals surface area contributed by atoms with Crippen LogP contribution in [0.4, 0.5) is 0 Å². The van der Waals surface area contributed by atoms with Crippen LogP contribution in [0.5, 0.6) is 0 Å². The van der Waals surface area contributed by atoms with Crippen LogP contribution in [0.3, 0.4) is 0 Å². The van der Waals surface area contributed by atoms with Crippen molar-refractivity contribution in [1.29, 1.82) is 0 Å². The van der Waals surface area contributed by atoms with E-state index in [0.29, 0.717) is 0 Å². The summed E-state index contributed by atoms with van der Waals surface area (Å²) in [5.41, 5.74) is 4.01. The van der Waals surface area contributed by atoms with Crippen molar-refractivity contribution in [1.82, 2.24) is 0 Å². The Hall–Kier alpha value is -0.836. The number of hydrogen-bond acceptors (Lipinski definition) is 0. The first-order chi connectivity index (χ1) is 10.0. The average molecular weight is 347 g/mol. The molecule has 1 atom stereocenters. The third-order valence-corrected chi connectivity index (χ3v) is 10.8. The Bertz CT molecular complexity index is 697. The fourth-order valence-corrected chi connectivity index (χ4v) is 7.78. The van der Waals surface area contributed by atoms with E-state index < -0.39 is 15.5 Å². The van der Waals surface area contributed by atoms with Gasteiger partial charge in [-0.25, -0.2) is 0 Å². The van der Waals surface area contributed by atoms with Crippen LogP contribution in [0, 0.1) is 20.8 Å². The molecule has 118 valence electrons. The highest BCUT2D eigenvalue weighted by Gasteiger charge is 2.33. The molecule has 1 unspecified atom stereocenters. The molecule has 0 saturated heterocycles. The quantitative estimate of drug-likeness (QED) is 0.580. The summed E-state index contributed by atoms with van der Waals surface area (Å²) >= 11 is 7.21. The molecule has 3 heteroatoms. The van der Waals surface area contributed by atoms with Crippen molar-refractivity contribution in [3.8, 4) is 0 Å². The van der Waals surface area contributed by atoms with Gasteiger partial charge in [0.1, 0.15) is 0 Å². The van der Waals surface area contributed by atoms with E-state index in [1.54, 1.807) is 0 Å². The van der Waals surface area contributed by atoms with Crippen LogP contribution < -0.4 is 15.6 Å². The lowest BCUT2D eigenvalue weighted by Crippen LogP contribution is -2.54. The number of hydrogen-bond donors (Lipinski definition) is 0. The van der Waals surface area contributed by atoms with E-state index in [4.69, 9.17) is 11.1 Å². The predicted molar refractivity (Wildman–Crippen MR) is 107 cm³/mol. The minimum atomic E-state index is -2.18. The molecule has 0 aliphatic heterocycles. The van der Waals surface area contributed by atoms with Crippen molar-refractivity contribution in [2.45, 2.75) is 47.0 Å². The Morgan fingerprint density at radius 3 is 2.00 bits per heavy atom. The van der Waals surface area contributed by atoms with E-state index in [9.17, 15) is 0 Å². The molecule has 0 aromatic heterocycles. The maximum Gasteiger partial charge on any atom is 0.214 e. The molecule has 2 aromatic carbocycles. The van der Waals surface area contributed by atoms with Gasteiger partial charge in [0.25, 0.3) is 0 Å². The Morgan fingerprint density at radius 1 is 0.818 bits per heavy atom. The number of aryl methyl sites for hydroxylation is 2. The zero-order valence-electron chi connectivity index (χ0n) is 14.8. The van der Waals surface area contributed by atoms with Crippen molar-refractivity contribution >= 4 is 42.1 Å². The lowest BCUT2D eigenvalue weighted by molar-refractivity contribution is 1.36. The molecule has 0 heterocycles. The zero-order valence-corrected chi connectivity index (χ0v) is 17.6. The molecule has 0 amide bonds. The van der Waals surface area contributed by atoms with Crippen LogP contribution in [0.25, 0.3) is 0 Å². The summed E-state index contributed by atoms with van der Waals surface area (Å²) in [5.74, 6) is 0. The molecule has 22 heavy (non-hydrogen) atoms. The molecular formula is C19H27ClSi2. The number of halogens is 1. The third kappa shape index (κ3) is 3.39. The Labute approximate surface area is 142 Å². The minimum absolute atomic E-state index is 1.33. The van der Waals surface area contributed by atoms with Gasteiger partial charge in [-0.05, 0) is 48.8 Å². The highest BCUT2D eigenvalue weighted by Crippen LogP contribution is 2.16. The van der Waals surface area contributed by atoms with E-state index in [1.807, 2.05) is 0 Å². The van der Waals surface area contributed by atoms with Crippen LogP contribution in [0.1, 0.15) is 16.7 Å². The summed E-state index contributed by atoms with van der Waals surface area (Å²) in [6.07, 6.45) is 0. The second kappa shape index (κ2) is 5.99. The molecule has 0 fully saturated rings. The maximum absolute atomic E-state index is 7.21.